The van der Waals surface area contributed by atoms with Gasteiger partial charge >= 0.3 is 35.9 Å². The van der Waals surface area contributed by atoms with Crippen molar-refractivity contribution in [3.63, 3.8) is 0 Å². The van der Waals surface area contributed by atoms with Crippen LogP contribution >= 0.6 is 0 Å². The van der Waals surface area contributed by atoms with Crippen LogP contribution in [0.1, 0.15) is 109 Å². The first-order valence-corrected chi connectivity index (χ1v) is 44.2. The number of alkyl carbamates (subject to hydrolysis) is 1. The summed E-state index contributed by atoms with van der Waals surface area (Å²) in [6.07, 6.45) is -30.7. The summed E-state index contributed by atoms with van der Waals surface area (Å²) in [5, 5.41) is 2.83. The number of cyclic esters (lactones) is 1. The average molecular weight is 1790 g/mol. The third kappa shape index (κ3) is 25.3. The number of rotatable bonds is 36. The number of ether oxygens (including phenoxy) is 21. The van der Waals surface area contributed by atoms with Crippen molar-refractivity contribution in [1.82, 2.24) is 5.32 Å². The van der Waals surface area contributed by atoms with Gasteiger partial charge in [0.2, 0.25) is 0 Å². The zero-order valence-electron chi connectivity index (χ0n) is 72.1. The summed E-state index contributed by atoms with van der Waals surface area (Å²) in [6, 6.07) is 89.8. The molecule has 1 amide bonds. The second-order valence-electron chi connectivity index (χ2n) is 32.3. The van der Waals surface area contributed by atoms with Crippen LogP contribution in [0.4, 0.5) is 4.79 Å². The molecule has 0 radical (unpaired) electrons. The zero-order valence-corrected chi connectivity index (χ0v) is 72.1. The maximum atomic E-state index is 15.5. The van der Waals surface area contributed by atoms with Crippen molar-refractivity contribution in [3.8, 4) is 0 Å². The van der Waals surface area contributed by atoms with Gasteiger partial charge in [-0.3, -0.25) is 9.59 Å². The zero-order chi connectivity index (χ0) is 89.9. The molecular formula is C103H105NO27. The molecule has 684 valence electrons. The summed E-state index contributed by atoms with van der Waals surface area (Å²) in [5.74, 6) is -5.06. The molecule has 0 aliphatic carbocycles. The molecule has 0 spiro atoms. The molecule has 10 aromatic carbocycles. The highest BCUT2D eigenvalue weighted by Gasteiger charge is 2.61. The number of esters is 5. The van der Waals surface area contributed by atoms with Crippen LogP contribution in [-0.4, -0.2) is 192 Å². The van der Waals surface area contributed by atoms with E-state index in [0.29, 0.717) is 31.4 Å². The minimum absolute atomic E-state index is 0.0130. The topological polar surface area (TPSA) is 308 Å². The van der Waals surface area contributed by atoms with Crippen molar-refractivity contribution < 1.29 is 128 Å². The van der Waals surface area contributed by atoms with Gasteiger partial charge in [0.05, 0.1) is 69.0 Å². The van der Waals surface area contributed by atoms with Gasteiger partial charge in [0.25, 0.3) is 0 Å². The van der Waals surface area contributed by atoms with Gasteiger partial charge in [-0.25, -0.2) is 19.2 Å². The molecule has 1 N–H and O–H groups in total. The van der Waals surface area contributed by atoms with Gasteiger partial charge in [0.15, 0.2) is 55.9 Å². The van der Waals surface area contributed by atoms with E-state index in [9.17, 15) is 9.59 Å². The highest BCUT2D eigenvalue weighted by molar-refractivity contribution is 5.92. The second kappa shape index (κ2) is 46.8. The quantitative estimate of drug-likeness (QED) is 0.0165. The van der Waals surface area contributed by atoms with Gasteiger partial charge in [-0.05, 0) is 96.0 Å². The van der Waals surface area contributed by atoms with E-state index >= 15 is 19.2 Å². The maximum Gasteiger partial charge on any atom is 0.407 e. The number of carbonyl (C=O) groups excluding carboxylic acids is 6. The summed E-state index contributed by atoms with van der Waals surface area (Å²) in [7, 11) is 0. The predicted molar refractivity (Wildman–Crippen MR) is 468 cm³/mol. The number of unbranched alkanes of at least 4 members (excludes halogenated alkanes) is 2. The van der Waals surface area contributed by atoms with Crippen LogP contribution < -0.4 is 5.32 Å². The van der Waals surface area contributed by atoms with Crippen LogP contribution in [0.25, 0.3) is 0 Å². The third-order valence-corrected chi connectivity index (χ3v) is 23.0. The molecule has 6 heterocycles. The van der Waals surface area contributed by atoms with E-state index in [-0.39, 0.29) is 69.5 Å². The smallest absolute Gasteiger partial charge is 0.407 e. The number of fused-ring (bicyclic) bond motifs is 4. The van der Waals surface area contributed by atoms with Gasteiger partial charge in [0, 0.05) is 18.7 Å². The standard InChI is InChI=1S/C103H105NO27/c1-67-83(88(125-95(107)74-47-25-8-26-48-74)93(126-96(108)75-49-27-9-28-50-75)101(120-67)131-89-86-80(66-118-98(129-86)77-53-31-11-32-54-77)121-99(92(89)117-62-72-43-21-6-22-44-72)112-56-34-12-33-55-104-103(110)119-63-73-45-23-7-24-46-73)128-102-94(127-97(109)76-51-29-10-30-52-76)90-85(78(122-102)64-111-58-68-35-13-2-14-36-68)130-100-91(116-61-71-41-19-5-20-42-71)87(115-60-70-39-17-4-18-40-70)84(114-59-69-37-15-3-16-38-69)79(123-100)65-113-81(105)57-82(106)124-90/h2-11,13-32,35-54,67,78-80,83-94,98-102H,12,33-34,55-66H2,1H3,(H,104,110)/t67-,78+,79+,80+,83-,84+,85-,86+,87-,88+,89?,90-,91-,92+,93+,94+,98?,99+,100-,101-,102-/m0/s1. The van der Waals surface area contributed by atoms with E-state index in [2.05, 4.69) is 5.32 Å². The minimum atomic E-state index is -2.00. The fourth-order valence-corrected chi connectivity index (χ4v) is 16.4. The van der Waals surface area contributed by atoms with Crippen LogP contribution in [0.15, 0.2) is 303 Å². The molecule has 131 heavy (non-hydrogen) atoms. The molecule has 6 saturated heterocycles. The molecule has 16 rings (SSSR count). The van der Waals surface area contributed by atoms with E-state index in [1.54, 1.807) is 61.5 Å². The molecule has 6 fully saturated rings. The molecule has 6 aliphatic rings. The van der Waals surface area contributed by atoms with E-state index in [4.69, 9.17) is 99.5 Å². The normalized spacial score (nSPS) is 27.2. The number of nitrogens with one attached hydrogen (secondary N) is 1. The van der Waals surface area contributed by atoms with Crippen LogP contribution in [0.5, 0.6) is 0 Å². The Balaban J connectivity index is 0.785. The largest absolute Gasteiger partial charge is 0.462 e. The molecule has 2 unspecified atom stereocenters. The van der Waals surface area contributed by atoms with Crippen LogP contribution in [0.3, 0.4) is 0 Å². The lowest BCUT2D eigenvalue weighted by molar-refractivity contribution is -0.403. The lowest BCUT2D eigenvalue weighted by atomic mass is 9.94. The van der Waals surface area contributed by atoms with Crippen molar-refractivity contribution in [1.29, 1.82) is 0 Å². The molecule has 21 atom stereocenters. The van der Waals surface area contributed by atoms with E-state index in [1.807, 2.05) is 212 Å². The Labute approximate surface area is 759 Å². The Morgan fingerprint density at radius 3 is 1.36 bits per heavy atom. The Bertz CT molecular complexity index is 5190. The van der Waals surface area contributed by atoms with Crippen molar-refractivity contribution in [2.45, 2.75) is 201 Å². The number of hydrogen-bond acceptors (Lipinski definition) is 27. The molecule has 0 saturated carbocycles. The summed E-state index contributed by atoms with van der Waals surface area (Å²) >= 11 is 0. The highest BCUT2D eigenvalue weighted by Crippen LogP contribution is 2.44. The Hall–Kier alpha value is -11.8. The molecule has 0 aromatic heterocycles. The van der Waals surface area contributed by atoms with Gasteiger partial charge in [-0.1, -0.05) is 267 Å². The van der Waals surface area contributed by atoms with E-state index in [1.165, 1.54) is 36.4 Å². The second-order valence-corrected chi connectivity index (χ2v) is 32.3. The van der Waals surface area contributed by atoms with Crippen molar-refractivity contribution in [2.75, 3.05) is 33.0 Å². The summed E-state index contributed by atoms with van der Waals surface area (Å²) < 4.78 is 145. The molecule has 2 bridgehead atoms. The monoisotopic (exact) mass is 1790 g/mol. The van der Waals surface area contributed by atoms with Crippen molar-refractivity contribution >= 4 is 35.9 Å². The minimum Gasteiger partial charge on any atom is -0.462 e. The Kier molecular flexibility index (Phi) is 33.1. The lowest BCUT2D eigenvalue weighted by Crippen LogP contribution is -2.69. The molecular weight excluding hydrogens is 1680 g/mol. The molecule has 28 nitrogen and oxygen atoms in total. The number of benzene rings is 10. The third-order valence-electron chi connectivity index (χ3n) is 23.0. The molecule has 10 aromatic rings. The first-order chi connectivity index (χ1) is 64.3. The van der Waals surface area contributed by atoms with Crippen molar-refractivity contribution in [2.24, 2.45) is 0 Å². The lowest BCUT2D eigenvalue weighted by Gasteiger charge is -2.52. The van der Waals surface area contributed by atoms with E-state index in [0.717, 1.165) is 33.4 Å². The predicted octanol–water partition coefficient (Wildman–Crippen LogP) is 14.4. The van der Waals surface area contributed by atoms with E-state index < -0.39 is 185 Å². The number of carbonyl (C=O) groups is 6. The van der Waals surface area contributed by atoms with Gasteiger partial charge < -0.3 is 105 Å². The van der Waals surface area contributed by atoms with Crippen LogP contribution in [0.2, 0.25) is 0 Å². The average Bonchev–Trinajstić information content (AvgIpc) is 0.757. The highest BCUT2D eigenvalue weighted by atomic mass is 16.8. The maximum absolute atomic E-state index is 15.5. The first kappa shape index (κ1) is 92.5. The Morgan fingerprint density at radius 1 is 0.359 bits per heavy atom. The van der Waals surface area contributed by atoms with Crippen molar-refractivity contribution in [3.05, 3.63) is 359 Å². The van der Waals surface area contributed by atoms with Gasteiger partial charge in [0.1, 0.15) is 86.8 Å². The summed E-state index contributed by atoms with van der Waals surface area (Å²) in [4.78, 5) is 89.0. The molecule has 28 heteroatoms. The van der Waals surface area contributed by atoms with Crippen LogP contribution in [0, 0.1) is 0 Å². The SMILES string of the molecule is C[C@@H]1O[C@@H](OC2[C@@H](OCc3ccccc3)[C@H](OCCCCCNC(=O)OCc3ccccc3)O[C@@H]3COC(c4ccccc4)O[C@@H]23)[C@H](OC(=O)c2ccccc2)[C@H](OC(=O)c2ccccc2)[C@H]1O[C@@H]1O[C@H](COCc2ccccc2)[C@@H]2O[C@@H]3O[C@H](COC(=O)CC(=O)O[C@@H]2[C@H]1OC(=O)c1ccccc1)[C@@H](OCc1ccccc1)[C@H](OCc1ccccc1)[C@@H]3OCc1ccccc1. The van der Waals surface area contributed by atoms with Crippen LogP contribution in [-0.2, 0) is 149 Å². The number of hydrogen-bond donors (Lipinski definition) is 1. The van der Waals surface area contributed by atoms with Gasteiger partial charge in [-0.2, -0.15) is 0 Å². The summed E-state index contributed by atoms with van der Waals surface area (Å²) in [5.41, 5.74) is 5.48. The molecule has 6 aliphatic heterocycles. The number of amides is 1. The van der Waals surface area contributed by atoms with Gasteiger partial charge in [-0.15, -0.1) is 0 Å². The fraction of sp³-hybridized carbons (Fsp3) is 0.359. The summed E-state index contributed by atoms with van der Waals surface area (Å²) in [6.45, 7) is 1.15. The Morgan fingerprint density at radius 2 is 0.817 bits per heavy atom. The fourth-order valence-electron chi connectivity index (χ4n) is 16.4. The first-order valence-electron chi connectivity index (χ1n) is 44.2.